The summed E-state index contributed by atoms with van der Waals surface area (Å²) in [6.45, 7) is 0.656. The largest absolute Gasteiger partial charge is 0.489 e. The van der Waals surface area contributed by atoms with Gasteiger partial charge in [0, 0.05) is 5.56 Å². The topological polar surface area (TPSA) is 90.1 Å². The second kappa shape index (κ2) is 12.7. The summed E-state index contributed by atoms with van der Waals surface area (Å²) in [4.78, 5) is 16.4. The first-order chi connectivity index (χ1) is 16.6. The van der Waals surface area contributed by atoms with Crippen molar-refractivity contribution in [2.24, 2.45) is 5.16 Å². The van der Waals surface area contributed by atoms with Crippen molar-refractivity contribution in [1.82, 2.24) is 0 Å². The number of ether oxygens (including phenoxy) is 3. The lowest BCUT2D eigenvalue weighted by Crippen LogP contribution is -2.13. The van der Waals surface area contributed by atoms with Gasteiger partial charge in [0.15, 0.2) is 0 Å². The molecule has 0 N–H and O–H groups in total. The van der Waals surface area contributed by atoms with Crippen LogP contribution in [0.5, 0.6) is 11.5 Å². The fourth-order valence-electron chi connectivity index (χ4n) is 3.19. The van der Waals surface area contributed by atoms with Gasteiger partial charge in [0.2, 0.25) is 0 Å². The minimum absolute atomic E-state index is 0.0196. The number of carbonyl (C=O) groups excluding carboxylic acids is 1. The second-order valence-electron chi connectivity index (χ2n) is 7.34. The molecule has 1 unspecified atom stereocenters. The SMILES string of the molecule is CON=C(COc1ccc(COc2ccc(C(C#N)CC(=O)OC)cc2)cc1)c1ccccc1. The molecule has 0 amide bonds. The Labute approximate surface area is 199 Å². The lowest BCUT2D eigenvalue weighted by molar-refractivity contribution is -0.140. The van der Waals surface area contributed by atoms with Crippen LogP contribution in [0.2, 0.25) is 0 Å². The third-order valence-electron chi connectivity index (χ3n) is 5.05. The van der Waals surface area contributed by atoms with Crippen molar-refractivity contribution in [3.8, 4) is 17.6 Å². The van der Waals surface area contributed by atoms with E-state index in [1.54, 1.807) is 24.3 Å². The van der Waals surface area contributed by atoms with Crippen molar-refractivity contribution in [3.05, 3.63) is 95.6 Å². The fourth-order valence-corrected chi connectivity index (χ4v) is 3.19. The number of esters is 1. The maximum Gasteiger partial charge on any atom is 0.307 e. The Morgan fingerprint density at radius 2 is 1.56 bits per heavy atom. The molecule has 3 rings (SSSR count). The van der Waals surface area contributed by atoms with Gasteiger partial charge in [-0.3, -0.25) is 4.79 Å². The minimum atomic E-state index is -0.551. The Morgan fingerprint density at radius 1 is 0.912 bits per heavy atom. The molecule has 0 spiro atoms. The highest BCUT2D eigenvalue weighted by Gasteiger charge is 2.16. The van der Waals surface area contributed by atoms with Gasteiger partial charge >= 0.3 is 5.97 Å². The van der Waals surface area contributed by atoms with Gasteiger partial charge < -0.3 is 19.0 Å². The van der Waals surface area contributed by atoms with Crippen LogP contribution in [0.15, 0.2) is 84.0 Å². The first kappa shape index (κ1) is 24.3. The van der Waals surface area contributed by atoms with Crippen molar-refractivity contribution >= 4 is 11.7 Å². The molecule has 0 saturated heterocycles. The van der Waals surface area contributed by atoms with E-state index in [2.05, 4.69) is 16.0 Å². The summed E-state index contributed by atoms with van der Waals surface area (Å²) in [6.07, 6.45) is 0.0196. The zero-order valence-corrected chi connectivity index (χ0v) is 19.1. The van der Waals surface area contributed by atoms with Crippen molar-refractivity contribution in [2.45, 2.75) is 18.9 Å². The summed E-state index contributed by atoms with van der Waals surface area (Å²) in [5.74, 6) is 0.412. The van der Waals surface area contributed by atoms with Crippen LogP contribution in [0, 0.1) is 11.3 Å². The zero-order valence-electron chi connectivity index (χ0n) is 19.1. The molecule has 3 aromatic rings. The fraction of sp³-hybridized carbons (Fsp3) is 0.222. The van der Waals surface area contributed by atoms with Crippen molar-refractivity contribution < 1.29 is 23.8 Å². The van der Waals surface area contributed by atoms with Gasteiger partial charge in [-0.15, -0.1) is 0 Å². The number of benzene rings is 3. The van der Waals surface area contributed by atoms with Crippen LogP contribution in [0.1, 0.15) is 29.0 Å². The predicted molar refractivity (Wildman–Crippen MR) is 128 cm³/mol. The second-order valence-corrected chi connectivity index (χ2v) is 7.34. The number of methoxy groups -OCH3 is 1. The molecule has 0 saturated carbocycles. The molecule has 0 radical (unpaired) electrons. The number of carbonyl (C=O) groups is 1. The Hall–Kier alpha value is -4.31. The van der Waals surface area contributed by atoms with Gasteiger partial charge in [-0.25, -0.2) is 0 Å². The van der Waals surface area contributed by atoms with E-state index in [1.165, 1.54) is 14.2 Å². The van der Waals surface area contributed by atoms with E-state index in [-0.39, 0.29) is 13.0 Å². The molecule has 0 bridgehead atoms. The highest BCUT2D eigenvalue weighted by molar-refractivity contribution is 6.01. The quantitative estimate of drug-likeness (QED) is 0.231. The molecule has 0 aliphatic heterocycles. The average Bonchev–Trinajstić information content (AvgIpc) is 2.89. The predicted octanol–water partition coefficient (Wildman–Crippen LogP) is 4.87. The van der Waals surface area contributed by atoms with E-state index >= 15 is 0 Å². The standard InChI is InChI=1S/C27H26N2O5/c1-31-27(30)16-23(17-28)21-10-14-25(15-11-21)33-18-20-8-12-24(13-9-20)34-19-26(29-32-2)22-6-4-3-5-7-22/h3-15,23H,16,18-19H2,1-2H3. The normalized spacial score (nSPS) is 11.7. The summed E-state index contributed by atoms with van der Waals surface area (Å²) in [5.41, 5.74) is 3.36. The van der Waals surface area contributed by atoms with Crippen molar-refractivity contribution in [2.75, 3.05) is 20.8 Å². The molecule has 34 heavy (non-hydrogen) atoms. The van der Waals surface area contributed by atoms with Crippen LogP contribution in [0.25, 0.3) is 0 Å². The summed E-state index contributed by atoms with van der Waals surface area (Å²) in [6, 6.07) is 26.6. The molecule has 1 atom stereocenters. The van der Waals surface area contributed by atoms with E-state index in [4.69, 9.17) is 14.3 Å². The van der Waals surface area contributed by atoms with Gasteiger partial charge in [-0.1, -0.05) is 59.8 Å². The Bertz CT molecular complexity index is 1120. The van der Waals surface area contributed by atoms with Gasteiger partial charge in [0.25, 0.3) is 0 Å². The third kappa shape index (κ3) is 7.10. The lowest BCUT2D eigenvalue weighted by Gasteiger charge is -2.11. The van der Waals surface area contributed by atoms with Crippen LogP contribution in [-0.2, 0) is 21.0 Å². The van der Waals surface area contributed by atoms with Gasteiger partial charge in [0.1, 0.15) is 37.5 Å². The molecule has 0 aliphatic carbocycles. The van der Waals surface area contributed by atoms with Gasteiger partial charge in [-0.05, 0) is 35.4 Å². The summed E-state index contributed by atoms with van der Waals surface area (Å²) in [5, 5.41) is 13.4. The van der Waals surface area contributed by atoms with E-state index < -0.39 is 11.9 Å². The molecule has 0 heterocycles. The molecule has 174 valence electrons. The minimum Gasteiger partial charge on any atom is -0.489 e. The summed E-state index contributed by atoms with van der Waals surface area (Å²) < 4.78 is 16.3. The first-order valence-corrected chi connectivity index (χ1v) is 10.7. The van der Waals surface area contributed by atoms with Crippen molar-refractivity contribution in [1.29, 1.82) is 5.26 Å². The van der Waals surface area contributed by atoms with Crippen molar-refractivity contribution in [3.63, 3.8) is 0 Å². The first-order valence-electron chi connectivity index (χ1n) is 10.7. The molecular formula is C27H26N2O5. The van der Waals surface area contributed by atoms with Crippen LogP contribution >= 0.6 is 0 Å². The highest BCUT2D eigenvalue weighted by Crippen LogP contribution is 2.23. The molecule has 7 nitrogen and oxygen atoms in total. The van der Waals surface area contributed by atoms with Crippen LogP contribution < -0.4 is 9.47 Å². The number of rotatable bonds is 11. The smallest absolute Gasteiger partial charge is 0.307 e. The van der Waals surface area contributed by atoms with Crippen LogP contribution in [0.4, 0.5) is 0 Å². The Kier molecular flexibility index (Phi) is 9.06. The average molecular weight is 459 g/mol. The third-order valence-corrected chi connectivity index (χ3v) is 5.05. The highest BCUT2D eigenvalue weighted by atomic mass is 16.6. The molecule has 0 aromatic heterocycles. The summed E-state index contributed by atoms with van der Waals surface area (Å²) >= 11 is 0. The number of oxime groups is 1. The van der Waals surface area contributed by atoms with E-state index in [0.717, 1.165) is 16.7 Å². The lowest BCUT2D eigenvalue weighted by atomic mass is 9.97. The summed E-state index contributed by atoms with van der Waals surface area (Å²) in [7, 11) is 2.82. The van der Waals surface area contributed by atoms with Crippen LogP contribution in [-0.4, -0.2) is 32.5 Å². The number of nitriles is 1. The number of nitrogens with zero attached hydrogens (tertiary/aromatic N) is 2. The monoisotopic (exact) mass is 458 g/mol. The number of hydrogen-bond acceptors (Lipinski definition) is 7. The van der Waals surface area contributed by atoms with Gasteiger partial charge in [-0.2, -0.15) is 5.26 Å². The van der Waals surface area contributed by atoms with E-state index in [0.29, 0.717) is 23.8 Å². The maximum atomic E-state index is 11.5. The Balaban J connectivity index is 1.52. The molecule has 0 aliphatic rings. The molecule has 7 heteroatoms. The van der Waals surface area contributed by atoms with Crippen LogP contribution in [0.3, 0.4) is 0 Å². The molecule has 3 aromatic carbocycles. The van der Waals surface area contributed by atoms with Gasteiger partial charge in [0.05, 0.1) is 25.5 Å². The van der Waals surface area contributed by atoms with E-state index in [1.807, 2.05) is 54.6 Å². The number of hydrogen-bond donors (Lipinski definition) is 0. The maximum absolute atomic E-state index is 11.5. The van der Waals surface area contributed by atoms with E-state index in [9.17, 15) is 10.1 Å². The zero-order chi connectivity index (χ0) is 24.2. The molecule has 0 fully saturated rings. The Morgan fingerprint density at radius 3 is 2.18 bits per heavy atom. The molecular weight excluding hydrogens is 432 g/mol.